The van der Waals surface area contributed by atoms with Gasteiger partial charge in [-0.2, -0.15) is 0 Å². The van der Waals surface area contributed by atoms with E-state index in [1.807, 2.05) is 0 Å². The van der Waals surface area contributed by atoms with Crippen LogP contribution in [-0.2, 0) is 0 Å². The fourth-order valence-corrected chi connectivity index (χ4v) is 4.61. The molecule has 1 saturated heterocycles. The van der Waals surface area contributed by atoms with Gasteiger partial charge < -0.3 is 10.6 Å². The van der Waals surface area contributed by atoms with Gasteiger partial charge >= 0.3 is 0 Å². The van der Waals surface area contributed by atoms with Gasteiger partial charge in [0.25, 0.3) is 0 Å². The van der Waals surface area contributed by atoms with Crippen molar-refractivity contribution in [1.82, 2.24) is 4.90 Å². The second-order valence-corrected chi connectivity index (χ2v) is 7.27. The van der Waals surface area contributed by atoms with Crippen molar-refractivity contribution in [3.63, 3.8) is 0 Å². The van der Waals surface area contributed by atoms with E-state index >= 15 is 0 Å². The normalized spacial score (nSPS) is 36.8. The maximum Gasteiger partial charge on any atom is 0.0138 e. The summed E-state index contributed by atoms with van der Waals surface area (Å²) in [6.45, 7) is 8.26. The van der Waals surface area contributed by atoms with E-state index in [1.165, 1.54) is 70.9 Å². The van der Waals surface area contributed by atoms with E-state index in [0.29, 0.717) is 0 Å². The van der Waals surface area contributed by atoms with Crippen molar-refractivity contribution in [1.29, 1.82) is 0 Å². The summed E-state index contributed by atoms with van der Waals surface area (Å²) in [4.78, 5) is 2.83. The van der Waals surface area contributed by atoms with Crippen LogP contribution in [0.4, 0.5) is 0 Å². The van der Waals surface area contributed by atoms with Crippen LogP contribution in [0.1, 0.15) is 71.6 Å². The third-order valence-electron chi connectivity index (χ3n) is 5.99. The molecule has 2 nitrogen and oxygen atoms in total. The van der Waals surface area contributed by atoms with Crippen molar-refractivity contribution in [2.24, 2.45) is 23.5 Å². The van der Waals surface area contributed by atoms with Crippen LogP contribution in [0.5, 0.6) is 0 Å². The zero-order chi connectivity index (χ0) is 14.4. The molecule has 0 bridgehead atoms. The lowest BCUT2D eigenvalue weighted by Crippen LogP contribution is -2.47. The van der Waals surface area contributed by atoms with Crippen LogP contribution in [0.2, 0.25) is 0 Å². The van der Waals surface area contributed by atoms with Crippen molar-refractivity contribution in [2.45, 2.75) is 77.7 Å². The molecule has 4 atom stereocenters. The van der Waals surface area contributed by atoms with E-state index < -0.39 is 0 Å². The smallest absolute Gasteiger partial charge is 0.0138 e. The van der Waals surface area contributed by atoms with E-state index in [9.17, 15) is 0 Å². The summed E-state index contributed by atoms with van der Waals surface area (Å²) in [5.41, 5.74) is 6.09. The standard InChI is InChI=1S/C18H36N2/c1-3-6-16-8-9-17(14-19)18(13-16)20-11-5-7-15(4-2)10-12-20/h15-18H,3-14,19H2,1-2H3. The fraction of sp³-hybridized carbons (Fsp3) is 1.00. The quantitative estimate of drug-likeness (QED) is 0.823. The van der Waals surface area contributed by atoms with Gasteiger partial charge in [-0.05, 0) is 69.5 Å². The molecule has 1 saturated carbocycles. The Hall–Kier alpha value is -0.0800. The Morgan fingerprint density at radius 2 is 1.85 bits per heavy atom. The van der Waals surface area contributed by atoms with Gasteiger partial charge in [0.1, 0.15) is 0 Å². The second-order valence-electron chi connectivity index (χ2n) is 7.27. The minimum Gasteiger partial charge on any atom is -0.330 e. The molecule has 4 unspecified atom stereocenters. The van der Waals surface area contributed by atoms with Crippen LogP contribution >= 0.6 is 0 Å². The minimum absolute atomic E-state index is 0.765. The molecule has 0 aromatic heterocycles. The predicted molar refractivity (Wildman–Crippen MR) is 87.8 cm³/mol. The predicted octanol–water partition coefficient (Wildman–Crippen LogP) is 4.04. The Balaban J connectivity index is 1.95. The molecule has 0 radical (unpaired) electrons. The molecule has 118 valence electrons. The van der Waals surface area contributed by atoms with Gasteiger partial charge in [0, 0.05) is 6.04 Å². The Labute approximate surface area is 126 Å². The number of likely N-dealkylation sites (tertiary alicyclic amines) is 1. The number of rotatable bonds is 5. The lowest BCUT2D eigenvalue weighted by molar-refractivity contribution is 0.0807. The zero-order valence-corrected chi connectivity index (χ0v) is 13.8. The molecule has 2 aliphatic rings. The molecule has 0 amide bonds. The molecule has 2 rings (SSSR count). The van der Waals surface area contributed by atoms with Crippen LogP contribution < -0.4 is 5.73 Å². The van der Waals surface area contributed by atoms with Crippen LogP contribution in [0.25, 0.3) is 0 Å². The van der Waals surface area contributed by atoms with Crippen molar-refractivity contribution < 1.29 is 0 Å². The lowest BCUT2D eigenvalue weighted by Gasteiger charge is -2.42. The molecule has 2 heteroatoms. The Morgan fingerprint density at radius 3 is 2.55 bits per heavy atom. The van der Waals surface area contributed by atoms with E-state index in [2.05, 4.69) is 18.7 Å². The molecule has 1 aliphatic carbocycles. The number of nitrogens with zero attached hydrogens (tertiary/aromatic N) is 1. The first-order valence-electron chi connectivity index (χ1n) is 9.22. The van der Waals surface area contributed by atoms with Gasteiger partial charge in [-0.3, -0.25) is 0 Å². The van der Waals surface area contributed by atoms with Crippen LogP contribution in [0.15, 0.2) is 0 Å². The first kappa shape index (κ1) is 16.3. The first-order chi connectivity index (χ1) is 9.78. The zero-order valence-electron chi connectivity index (χ0n) is 13.8. The van der Waals surface area contributed by atoms with Gasteiger partial charge in [0.05, 0.1) is 0 Å². The fourth-order valence-electron chi connectivity index (χ4n) is 4.61. The Morgan fingerprint density at radius 1 is 1.00 bits per heavy atom. The van der Waals surface area contributed by atoms with Gasteiger partial charge in [-0.1, -0.05) is 39.5 Å². The lowest BCUT2D eigenvalue weighted by atomic mass is 9.76. The monoisotopic (exact) mass is 280 g/mol. The second kappa shape index (κ2) is 8.38. The molecular formula is C18H36N2. The molecule has 2 fully saturated rings. The highest BCUT2D eigenvalue weighted by atomic mass is 15.2. The molecule has 1 aliphatic heterocycles. The summed E-state index contributed by atoms with van der Waals surface area (Å²) in [6, 6.07) is 0.793. The maximum atomic E-state index is 6.09. The third-order valence-corrected chi connectivity index (χ3v) is 5.99. The third kappa shape index (κ3) is 4.21. The highest BCUT2D eigenvalue weighted by Crippen LogP contribution is 2.35. The highest BCUT2D eigenvalue weighted by Gasteiger charge is 2.33. The van der Waals surface area contributed by atoms with E-state index in [-0.39, 0.29) is 0 Å². The van der Waals surface area contributed by atoms with Gasteiger partial charge in [0.15, 0.2) is 0 Å². The minimum atomic E-state index is 0.765. The number of nitrogens with two attached hydrogens (primary N) is 1. The molecule has 0 aromatic carbocycles. The van der Waals surface area contributed by atoms with Crippen LogP contribution in [-0.4, -0.2) is 30.6 Å². The SMILES string of the molecule is CCCC1CCC(CN)C(N2CCCC(CC)CC2)C1. The van der Waals surface area contributed by atoms with Crippen molar-refractivity contribution >= 4 is 0 Å². The van der Waals surface area contributed by atoms with Crippen molar-refractivity contribution in [3.05, 3.63) is 0 Å². The van der Waals surface area contributed by atoms with E-state index in [0.717, 1.165) is 30.3 Å². The first-order valence-corrected chi connectivity index (χ1v) is 9.22. The molecule has 0 spiro atoms. The molecule has 0 aromatic rings. The number of hydrogen-bond donors (Lipinski definition) is 1. The Kier molecular flexibility index (Phi) is 6.83. The van der Waals surface area contributed by atoms with Gasteiger partial charge in [-0.15, -0.1) is 0 Å². The van der Waals surface area contributed by atoms with Gasteiger partial charge in [-0.25, -0.2) is 0 Å². The average Bonchev–Trinajstić information content (AvgIpc) is 2.73. The summed E-state index contributed by atoms with van der Waals surface area (Å²) in [7, 11) is 0. The van der Waals surface area contributed by atoms with Crippen LogP contribution in [0.3, 0.4) is 0 Å². The van der Waals surface area contributed by atoms with Crippen LogP contribution in [0, 0.1) is 17.8 Å². The molecule has 1 heterocycles. The number of hydrogen-bond acceptors (Lipinski definition) is 2. The van der Waals surface area contributed by atoms with Gasteiger partial charge in [0.2, 0.25) is 0 Å². The highest BCUT2D eigenvalue weighted by molar-refractivity contribution is 4.88. The maximum absolute atomic E-state index is 6.09. The average molecular weight is 281 g/mol. The van der Waals surface area contributed by atoms with E-state index in [4.69, 9.17) is 5.73 Å². The summed E-state index contributed by atoms with van der Waals surface area (Å²) in [5, 5.41) is 0. The van der Waals surface area contributed by atoms with Crippen molar-refractivity contribution in [3.8, 4) is 0 Å². The Bertz CT molecular complexity index is 266. The summed E-state index contributed by atoms with van der Waals surface area (Å²) in [5.74, 6) is 2.71. The molecule has 20 heavy (non-hydrogen) atoms. The summed E-state index contributed by atoms with van der Waals surface area (Å²) >= 11 is 0. The van der Waals surface area contributed by atoms with Crippen molar-refractivity contribution in [2.75, 3.05) is 19.6 Å². The largest absolute Gasteiger partial charge is 0.330 e. The molecular weight excluding hydrogens is 244 g/mol. The summed E-state index contributed by atoms with van der Waals surface area (Å²) in [6.07, 6.45) is 12.7. The van der Waals surface area contributed by atoms with E-state index in [1.54, 1.807) is 0 Å². The molecule has 2 N–H and O–H groups in total. The summed E-state index contributed by atoms with van der Waals surface area (Å²) < 4.78 is 0. The topological polar surface area (TPSA) is 29.3 Å².